The zero-order valence-electron chi connectivity index (χ0n) is 8.81. The smallest absolute Gasteiger partial charge is 0.401 e. The summed E-state index contributed by atoms with van der Waals surface area (Å²) in [5.41, 5.74) is 0.588. The number of pyridine rings is 1. The van der Waals surface area contributed by atoms with Crippen LogP contribution in [0.5, 0.6) is 0 Å². The molecular weight excluding hydrogens is 237 g/mol. The molecule has 0 aliphatic heterocycles. The average Bonchev–Trinajstić information content (AvgIpc) is 2.15. The van der Waals surface area contributed by atoms with E-state index < -0.39 is 25.2 Å². The van der Waals surface area contributed by atoms with Crippen molar-refractivity contribution < 1.29 is 23.1 Å². The second-order valence-electron chi connectivity index (χ2n) is 3.51. The molecule has 0 spiro atoms. The Morgan fingerprint density at radius 1 is 1.35 bits per heavy atom. The molecule has 94 valence electrons. The van der Waals surface area contributed by atoms with Gasteiger partial charge in [-0.05, 0) is 17.7 Å². The molecule has 0 unspecified atom stereocenters. The van der Waals surface area contributed by atoms with Crippen molar-refractivity contribution in [2.75, 3.05) is 13.1 Å². The lowest BCUT2D eigenvalue weighted by atomic mass is 10.2. The van der Waals surface area contributed by atoms with Crippen molar-refractivity contribution in [3.8, 4) is 0 Å². The van der Waals surface area contributed by atoms with E-state index in [1.165, 1.54) is 12.4 Å². The van der Waals surface area contributed by atoms with Crippen LogP contribution in [-0.2, 0) is 11.3 Å². The molecule has 1 rings (SSSR count). The minimum Gasteiger partial charge on any atom is -0.480 e. The van der Waals surface area contributed by atoms with Crippen LogP contribution in [0.1, 0.15) is 5.56 Å². The lowest BCUT2D eigenvalue weighted by Crippen LogP contribution is -2.37. The minimum absolute atomic E-state index is 0.0751. The number of halogens is 3. The number of aromatic nitrogens is 1. The molecule has 1 heterocycles. The number of carboxylic acids is 1. The van der Waals surface area contributed by atoms with E-state index in [0.717, 1.165) is 4.90 Å². The molecular formula is C10H11F3N2O2. The van der Waals surface area contributed by atoms with E-state index in [1.54, 1.807) is 12.1 Å². The van der Waals surface area contributed by atoms with Crippen LogP contribution in [0, 0.1) is 0 Å². The van der Waals surface area contributed by atoms with Gasteiger partial charge in [0.25, 0.3) is 0 Å². The summed E-state index contributed by atoms with van der Waals surface area (Å²) in [5, 5.41) is 8.54. The number of carboxylic acid groups (broad SMARTS) is 1. The van der Waals surface area contributed by atoms with Crippen LogP contribution in [0.3, 0.4) is 0 Å². The molecule has 0 aromatic carbocycles. The zero-order valence-corrected chi connectivity index (χ0v) is 8.81. The highest BCUT2D eigenvalue weighted by molar-refractivity contribution is 5.69. The summed E-state index contributed by atoms with van der Waals surface area (Å²) < 4.78 is 36.6. The number of aliphatic carboxylic acids is 1. The van der Waals surface area contributed by atoms with Crippen molar-refractivity contribution in [3.63, 3.8) is 0 Å². The third-order valence-corrected chi connectivity index (χ3v) is 1.92. The Morgan fingerprint density at radius 2 is 1.94 bits per heavy atom. The molecule has 0 radical (unpaired) electrons. The van der Waals surface area contributed by atoms with E-state index in [2.05, 4.69) is 4.98 Å². The van der Waals surface area contributed by atoms with Crippen molar-refractivity contribution in [1.29, 1.82) is 0 Å². The van der Waals surface area contributed by atoms with E-state index in [1.807, 2.05) is 0 Å². The molecule has 4 nitrogen and oxygen atoms in total. The summed E-state index contributed by atoms with van der Waals surface area (Å²) in [4.78, 5) is 15.0. The Bertz CT molecular complexity index is 368. The van der Waals surface area contributed by atoms with Gasteiger partial charge in [-0.1, -0.05) is 0 Å². The van der Waals surface area contributed by atoms with Crippen LogP contribution in [-0.4, -0.2) is 40.2 Å². The fourth-order valence-corrected chi connectivity index (χ4v) is 1.36. The number of rotatable bonds is 5. The molecule has 0 fully saturated rings. The summed E-state index contributed by atoms with van der Waals surface area (Å²) in [6.07, 6.45) is -1.52. The van der Waals surface area contributed by atoms with Gasteiger partial charge in [-0.15, -0.1) is 0 Å². The van der Waals surface area contributed by atoms with E-state index in [0.29, 0.717) is 5.56 Å². The van der Waals surface area contributed by atoms with Crippen molar-refractivity contribution in [3.05, 3.63) is 30.1 Å². The Kier molecular flexibility index (Phi) is 4.45. The lowest BCUT2D eigenvalue weighted by molar-refractivity contribution is -0.154. The number of hydrogen-bond acceptors (Lipinski definition) is 3. The topological polar surface area (TPSA) is 53.4 Å². The standard InChI is InChI=1S/C10H11F3N2O2/c11-10(12,13)7-15(6-9(16)17)5-8-1-3-14-4-2-8/h1-4H,5-7H2,(H,16,17). The third-order valence-electron chi connectivity index (χ3n) is 1.92. The van der Waals surface area contributed by atoms with Gasteiger partial charge in [-0.3, -0.25) is 14.7 Å². The molecule has 0 amide bonds. The van der Waals surface area contributed by atoms with Crippen LogP contribution < -0.4 is 0 Å². The number of nitrogens with zero attached hydrogens (tertiary/aromatic N) is 2. The lowest BCUT2D eigenvalue weighted by Gasteiger charge is -2.21. The Hall–Kier alpha value is -1.63. The summed E-state index contributed by atoms with van der Waals surface area (Å²) in [6, 6.07) is 3.09. The second-order valence-corrected chi connectivity index (χ2v) is 3.51. The molecule has 0 saturated carbocycles. The maximum Gasteiger partial charge on any atom is 0.401 e. The predicted octanol–water partition coefficient (Wildman–Crippen LogP) is 1.53. The molecule has 0 aliphatic carbocycles. The van der Waals surface area contributed by atoms with Gasteiger partial charge in [-0.2, -0.15) is 13.2 Å². The third kappa shape index (κ3) is 5.86. The van der Waals surface area contributed by atoms with Gasteiger partial charge in [-0.25, -0.2) is 0 Å². The van der Waals surface area contributed by atoms with Gasteiger partial charge in [0.2, 0.25) is 0 Å². The zero-order chi connectivity index (χ0) is 12.9. The number of carbonyl (C=O) groups is 1. The SMILES string of the molecule is O=C(O)CN(Cc1ccncc1)CC(F)(F)F. The van der Waals surface area contributed by atoms with Gasteiger partial charge in [0, 0.05) is 18.9 Å². The maximum absolute atomic E-state index is 12.2. The van der Waals surface area contributed by atoms with Gasteiger partial charge in [0.05, 0.1) is 13.1 Å². The highest BCUT2D eigenvalue weighted by Crippen LogP contribution is 2.17. The number of alkyl halides is 3. The van der Waals surface area contributed by atoms with Crippen LogP contribution in [0.2, 0.25) is 0 Å². The summed E-state index contributed by atoms with van der Waals surface area (Å²) >= 11 is 0. The first-order valence-corrected chi connectivity index (χ1v) is 4.76. The number of hydrogen-bond donors (Lipinski definition) is 1. The van der Waals surface area contributed by atoms with E-state index >= 15 is 0 Å². The fourth-order valence-electron chi connectivity index (χ4n) is 1.36. The molecule has 1 aromatic heterocycles. The maximum atomic E-state index is 12.2. The van der Waals surface area contributed by atoms with Crippen molar-refractivity contribution in [2.45, 2.75) is 12.7 Å². The Morgan fingerprint density at radius 3 is 2.41 bits per heavy atom. The van der Waals surface area contributed by atoms with Crippen LogP contribution >= 0.6 is 0 Å². The first-order chi connectivity index (χ1) is 7.87. The van der Waals surface area contributed by atoms with Gasteiger partial charge >= 0.3 is 12.1 Å². The molecule has 0 aliphatic rings. The molecule has 0 saturated heterocycles. The quantitative estimate of drug-likeness (QED) is 0.858. The van der Waals surface area contributed by atoms with Gasteiger partial charge in [0.15, 0.2) is 0 Å². The molecule has 0 atom stereocenters. The second kappa shape index (κ2) is 5.62. The molecule has 17 heavy (non-hydrogen) atoms. The van der Waals surface area contributed by atoms with Crippen LogP contribution in [0.15, 0.2) is 24.5 Å². The fraction of sp³-hybridized carbons (Fsp3) is 0.400. The largest absolute Gasteiger partial charge is 0.480 e. The highest BCUT2D eigenvalue weighted by Gasteiger charge is 2.31. The first-order valence-electron chi connectivity index (χ1n) is 4.76. The van der Waals surface area contributed by atoms with Crippen molar-refractivity contribution >= 4 is 5.97 Å². The Labute approximate surface area is 95.7 Å². The van der Waals surface area contributed by atoms with E-state index in [9.17, 15) is 18.0 Å². The van der Waals surface area contributed by atoms with Crippen molar-refractivity contribution in [1.82, 2.24) is 9.88 Å². The van der Waals surface area contributed by atoms with Crippen LogP contribution in [0.25, 0.3) is 0 Å². The monoisotopic (exact) mass is 248 g/mol. The average molecular weight is 248 g/mol. The minimum atomic E-state index is -4.41. The normalized spacial score (nSPS) is 11.8. The van der Waals surface area contributed by atoms with Gasteiger partial charge < -0.3 is 5.11 Å². The van der Waals surface area contributed by atoms with E-state index in [4.69, 9.17) is 5.11 Å². The Balaban J connectivity index is 2.67. The predicted molar refractivity (Wildman–Crippen MR) is 53.2 cm³/mol. The van der Waals surface area contributed by atoms with Gasteiger partial charge in [0.1, 0.15) is 0 Å². The summed E-state index contributed by atoms with van der Waals surface area (Å²) in [6.45, 7) is -1.97. The van der Waals surface area contributed by atoms with E-state index in [-0.39, 0.29) is 6.54 Å². The molecule has 1 N–H and O–H groups in total. The van der Waals surface area contributed by atoms with Crippen LogP contribution in [0.4, 0.5) is 13.2 Å². The summed E-state index contributed by atoms with van der Waals surface area (Å²) in [7, 11) is 0. The molecule has 7 heteroatoms. The highest BCUT2D eigenvalue weighted by atomic mass is 19.4. The summed E-state index contributed by atoms with van der Waals surface area (Å²) in [5.74, 6) is -1.29. The molecule has 0 bridgehead atoms. The molecule has 1 aromatic rings. The van der Waals surface area contributed by atoms with Crippen molar-refractivity contribution in [2.24, 2.45) is 0 Å². The first kappa shape index (κ1) is 13.4.